The van der Waals surface area contributed by atoms with Crippen molar-refractivity contribution in [3.8, 4) is 0 Å². The Morgan fingerprint density at radius 3 is 2.88 bits per heavy atom. The lowest BCUT2D eigenvalue weighted by Gasteiger charge is -2.32. The second-order valence-corrected chi connectivity index (χ2v) is 7.10. The van der Waals surface area contributed by atoms with Crippen molar-refractivity contribution in [1.29, 1.82) is 0 Å². The summed E-state index contributed by atoms with van der Waals surface area (Å²) in [6, 6.07) is 4.14. The predicted octanol–water partition coefficient (Wildman–Crippen LogP) is 2.39. The van der Waals surface area contributed by atoms with Gasteiger partial charge in [0.2, 0.25) is 0 Å². The normalized spacial score (nSPS) is 20.4. The van der Waals surface area contributed by atoms with E-state index in [2.05, 4.69) is 43.6 Å². The van der Waals surface area contributed by atoms with E-state index in [0.717, 1.165) is 37.8 Å². The number of ether oxygens (including phenoxy) is 1. The zero-order valence-corrected chi connectivity index (χ0v) is 14.5. The van der Waals surface area contributed by atoms with E-state index in [4.69, 9.17) is 4.74 Å². The Balaban J connectivity index is 1.52. The Kier molecular flexibility index (Phi) is 4.90. The van der Waals surface area contributed by atoms with E-state index < -0.39 is 0 Å². The van der Waals surface area contributed by atoms with Crippen molar-refractivity contribution in [3.63, 3.8) is 0 Å². The highest BCUT2D eigenvalue weighted by Crippen LogP contribution is 2.34. The van der Waals surface area contributed by atoms with Gasteiger partial charge in [-0.05, 0) is 36.5 Å². The number of hydrogen-bond acceptors (Lipinski definition) is 5. The summed E-state index contributed by atoms with van der Waals surface area (Å²) in [5, 5.41) is 8.94. The fraction of sp³-hybridized carbons (Fsp3) is 0.526. The van der Waals surface area contributed by atoms with E-state index in [-0.39, 0.29) is 0 Å². The van der Waals surface area contributed by atoms with Crippen molar-refractivity contribution >= 4 is 0 Å². The van der Waals surface area contributed by atoms with Gasteiger partial charge in [0.25, 0.3) is 0 Å². The number of rotatable bonds is 8. The van der Waals surface area contributed by atoms with E-state index in [0.29, 0.717) is 19.1 Å². The molecule has 0 aromatic carbocycles. The number of aromatic nitrogens is 4. The molecule has 0 radical (unpaired) electrons. The SMILES string of the molecule is C=CCOCC1CN(Cc2ccncc2)Cc2nnn(CC3CC3)c21. The molecule has 0 saturated heterocycles. The van der Waals surface area contributed by atoms with Crippen molar-refractivity contribution < 1.29 is 4.74 Å². The van der Waals surface area contributed by atoms with Crippen molar-refractivity contribution in [2.24, 2.45) is 5.92 Å². The number of pyridine rings is 1. The van der Waals surface area contributed by atoms with Gasteiger partial charge in [-0.25, -0.2) is 4.68 Å². The molecule has 0 N–H and O–H groups in total. The van der Waals surface area contributed by atoms with Gasteiger partial charge in [-0.15, -0.1) is 11.7 Å². The third kappa shape index (κ3) is 3.96. The highest BCUT2D eigenvalue weighted by molar-refractivity contribution is 5.21. The smallest absolute Gasteiger partial charge is 0.100 e. The van der Waals surface area contributed by atoms with Crippen molar-refractivity contribution in [1.82, 2.24) is 24.9 Å². The van der Waals surface area contributed by atoms with Crippen molar-refractivity contribution in [2.45, 2.75) is 38.4 Å². The summed E-state index contributed by atoms with van der Waals surface area (Å²) in [4.78, 5) is 6.53. The molecule has 2 aromatic heterocycles. The molecule has 132 valence electrons. The van der Waals surface area contributed by atoms with Crippen LogP contribution in [0.25, 0.3) is 0 Å². The number of nitrogens with zero attached hydrogens (tertiary/aromatic N) is 5. The van der Waals surface area contributed by atoms with Crippen LogP contribution in [-0.2, 0) is 24.4 Å². The minimum atomic E-state index is 0.305. The largest absolute Gasteiger partial charge is 0.377 e. The third-order valence-electron chi connectivity index (χ3n) is 4.92. The second kappa shape index (κ2) is 7.45. The molecular weight excluding hydrogens is 314 g/mol. The Labute approximate surface area is 148 Å². The van der Waals surface area contributed by atoms with Gasteiger partial charge in [0.1, 0.15) is 5.69 Å². The van der Waals surface area contributed by atoms with Crippen LogP contribution in [0, 0.1) is 5.92 Å². The van der Waals surface area contributed by atoms with Crippen LogP contribution in [0.15, 0.2) is 37.2 Å². The van der Waals surface area contributed by atoms with Gasteiger partial charge in [0.15, 0.2) is 0 Å². The van der Waals surface area contributed by atoms with Gasteiger partial charge < -0.3 is 4.74 Å². The summed E-state index contributed by atoms with van der Waals surface area (Å²) in [6.45, 7) is 8.72. The maximum Gasteiger partial charge on any atom is 0.100 e. The summed E-state index contributed by atoms with van der Waals surface area (Å²) < 4.78 is 7.94. The predicted molar refractivity (Wildman–Crippen MR) is 94.9 cm³/mol. The van der Waals surface area contributed by atoms with Gasteiger partial charge in [0, 0.05) is 44.5 Å². The molecule has 1 saturated carbocycles. The minimum absolute atomic E-state index is 0.305. The Hall–Kier alpha value is -2.05. The molecule has 0 spiro atoms. The lowest BCUT2D eigenvalue weighted by molar-refractivity contribution is 0.111. The molecule has 1 aliphatic heterocycles. The quantitative estimate of drug-likeness (QED) is 0.546. The summed E-state index contributed by atoms with van der Waals surface area (Å²) in [6.07, 6.45) is 8.14. The minimum Gasteiger partial charge on any atom is -0.377 e. The van der Waals surface area contributed by atoms with Crippen LogP contribution in [0.4, 0.5) is 0 Å². The van der Waals surface area contributed by atoms with E-state index in [9.17, 15) is 0 Å². The lowest BCUT2D eigenvalue weighted by atomic mass is 9.98. The third-order valence-corrected chi connectivity index (χ3v) is 4.92. The Morgan fingerprint density at radius 2 is 2.12 bits per heavy atom. The van der Waals surface area contributed by atoms with Gasteiger partial charge in [-0.1, -0.05) is 11.3 Å². The molecule has 0 amide bonds. The van der Waals surface area contributed by atoms with Gasteiger partial charge in [-0.3, -0.25) is 9.88 Å². The van der Waals surface area contributed by atoms with Crippen molar-refractivity contribution in [3.05, 3.63) is 54.1 Å². The molecule has 1 aliphatic carbocycles. The first kappa shape index (κ1) is 16.4. The zero-order chi connectivity index (χ0) is 17.1. The molecule has 0 bridgehead atoms. The van der Waals surface area contributed by atoms with Gasteiger partial charge >= 0.3 is 0 Å². The standard InChI is InChI=1S/C19H25N5O/c1-2-9-25-14-17-12-23(10-16-5-7-20-8-6-16)13-18-19(17)24(22-21-18)11-15-3-4-15/h2,5-8,15,17H,1,3-4,9-14H2. The molecule has 4 rings (SSSR count). The first-order valence-corrected chi connectivity index (χ1v) is 9.05. The van der Waals surface area contributed by atoms with E-state index in [1.807, 2.05) is 12.4 Å². The van der Waals surface area contributed by atoms with Gasteiger partial charge in [-0.2, -0.15) is 0 Å². The maximum absolute atomic E-state index is 5.80. The average molecular weight is 339 g/mol. The topological polar surface area (TPSA) is 56.1 Å². The molecule has 25 heavy (non-hydrogen) atoms. The Bertz CT molecular complexity index is 710. The molecular formula is C19H25N5O. The molecule has 1 fully saturated rings. The number of fused-ring (bicyclic) bond motifs is 1. The summed E-state index contributed by atoms with van der Waals surface area (Å²) >= 11 is 0. The zero-order valence-electron chi connectivity index (χ0n) is 14.5. The second-order valence-electron chi connectivity index (χ2n) is 7.10. The highest BCUT2D eigenvalue weighted by atomic mass is 16.5. The van der Waals surface area contributed by atoms with Crippen LogP contribution < -0.4 is 0 Å². The Morgan fingerprint density at radius 1 is 1.28 bits per heavy atom. The van der Waals surface area contributed by atoms with Gasteiger partial charge in [0.05, 0.1) is 18.9 Å². The highest BCUT2D eigenvalue weighted by Gasteiger charge is 2.33. The van der Waals surface area contributed by atoms with Crippen LogP contribution in [0.5, 0.6) is 0 Å². The molecule has 6 nitrogen and oxygen atoms in total. The van der Waals surface area contributed by atoms with Crippen LogP contribution in [0.1, 0.15) is 35.7 Å². The molecule has 3 heterocycles. The number of hydrogen-bond donors (Lipinski definition) is 0. The van der Waals surface area contributed by atoms with Crippen LogP contribution in [0.2, 0.25) is 0 Å². The molecule has 1 atom stereocenters. The molecule has 6 heteroatoms. The maximum atomic E-state index is 5.80. The van der Waals surface area contributed by atoms with E-state index >= 15 is 0 Å². The lowest BCUT2D eigenvalue weighted by Crippen LogP contribution is -2.36. The summed E-state index contributed by atoms with van der Waals surface area (Å²) in [5.41, 5.74) is 3.66. The van der Waals surface area contributed by atoms with E-state index in [1.165, 1.54) is 24.1 Å². The monoisotopic (exact) mass is 339 g/mol. The molecule has 2 aliphatic rings. The fourth-order valence-corrected chi connectivity index (χ4v) is 3.56. The molecule has 2 aromatic rings. The van der Waals surface area contributed by atoms with Crippen LogP contribution >= 0.6 is 0 Å². The summed E-state index contributed by atoms with van der Waals surface area (Å²) in [5.74, 6) is 1.09. The van der Waals surface area contributed by atoms with E-state index in [1.54, 1.807) is 6.08 Å². The van der Waals surface area contributed by atoms with Crippen molar-refractivity contribution in [2.75, 3.05) is 19.8 Å². The molecule has 1 unspecified atom stereocenters. The van der Waals surface area contributed by atoms with Crippen LogP contribution in [0.3, 0.4) is 0 Å². The first-order valence-electron chi connectivity index (χ1n) is 9.05. The van der Waals surface area contributed by atoms with Crippen LogP contribution in [-0.4, -0.2) is 44.6 Å². The average Bonchev–Trinajstić information content (AvgIpc) is 3.35. The fourth-order valence-electron chi connectivity index (χ4n) is 3.56. The summed E-state index contributed by atoms with van der Waals surface area (Å²) in [7, 11) is 0. The first-order chi connectivity index (χ1) is 12.3.